The van der Waals surface area contributed by atoms with Crippen LogP contribution in [0.3, 0.4) is 0 Å². The van der Waals surface area contributed by atoms with Gasteiger partial charge in [-0.05, 0) is 36.3 Å². The average molecular weight is 274 g/mol. The molecule has 1 fully saturated rings. The Kier molecular flexibility index (Phi) is 3.04. The van der Waals surface area contributed by atoms with Crippen molar-refractivity contribution in [2.24, 2.45) is 5.92 Å². The molecule has 20 heavy (non-hydrogen) atoms. The third kappa shape index (κ3) is 1.67. The zero-order valence-corrected chi connectivity index (χ0v) is 11.2. The molecule has 1 aromatic carbocycles. The summed E-state index contributed by atoms with van der Waals surface area (Å²) in [5.41, 5.74) is 0.553. The number of benzene rings is 1. The Labute approximate surface area is 117 Å². The van der Waals surface area contributed by atoms with Gasteiger partial charge in [0.2, 0.25) is 0 Å². The van der Waals surface area contributed by atoms with Gasteiger partial charge in [-0.25, -0.2) is 0 Å². The molecule has 0 aromatic heterocycles. The molecule has 3 atom stereocenters. The first-order chi connectivity index (χ1) is 9.57. The van der Waals surface area contributed by atoms with Crippen molar-refractivity contribution in [3.05, 3.63) is 35.4 Å². The third-order valence-corrected chi connectivity index (χ3v) is 5.09. The molecule has 4 heteroatoms. The first-order valence-corrected chi connectivity index (χ1v) is 7.13. The van der Waals surface area contributed by atoms with Gasteiger partial charge >= 0.3 is 11.9 Å². The molecular weight excluding hydrogens is 256 g/mol. The summed E-state index contributed by atoms with van der Waals surface area (Å²) in [7, 11) is 0. The molecule has 0 bridgehead atoms. The van der Waals surface area contributed by atoms with Gasteiger partial charge in [-0.2, -0.15) is 0 Å². The van der Waals surface area contributed by atoms with E-state index in [1.54, 1.807) is 12.1 Å². The number of rotatable bonds is 2. The van der Waals surface area contributed by atoms with Gasteiger partial charge in [0.15, 0.2) is 0 Å². The SMILES string of the molecule is O=C(O)[C@H]1C[C@@H]2CCCC[C@]2(C(=O)O)c2ccccc21. The van der Waals surface area contributed by atoms with Gasteiger partial charge in [-0.15, -0.1) is 0 Å². The van der Waals surface area contributed by atoms with Gasteiger partial charge in [-0.3, -0.25) is 9.59 Å². The molecule has 0 heterocycles. The summed E-state index contributed by atoms with van der Waals surface area (Å²) in [4.78, 5) is 23.5. The summed E-state index contributed by atoms with van der Waals surface area (Å²) in [6, 6.07) is 7.22. The lowest BCUT2D eigenvalue weighted by Crippen LogP contribution is -2.49. The fraction of sp³-hybridized carbons (Fsp3) is 0.500. The van der Waals surface area contributed by atoms with Crippen LogP contribution in [-0.4, -0.2) is 22.2 Å². The second-order valence-corrected chi connectivity index (χ2v) is 5.93. The molecule has 0 saturated heterocycles. The highest BCUT2D eigenvalue weighted by Crippen LogP contribution is 2.53. The Hall–Kier alpha value is -1.84. The lowest BCUT2D eigenvalue weighted by atomic mass is 9.55. The molecule has 0 radical (unpaired) electrons. The number of carbonyl (C=O) groups is 2. The van der Waals surface area contributed by atoms with Crippen LogP contribution in [0, 0.1) is 5.92 Å². The molecule has 2 aliphatic carbocycles. The van der Waals surface area contributed by atoms with E-state index in [0.717, 1.165) is 24.8 Å². The standard InChI is InChI=1S/C16H18O4/c17-14(18)12-9-10-5-3-4-8-16(10,15(19)20)13-7-2-1-6-11(12)13/h1-2,6-7,10,12H,3-5,8-9H2,(H,17,18)(H,19,20)/t10-,12-,16+/m0/s1. The average Bonchev–Trinajstić information content (AvgIpc) is 2.45. The van der Waals surface area contributed by atoms with E-state index in [-0.39, 0.29) is 5.92 Å². The third-order valence-electron chi connectivity index (χ3n) is 5.09. The zero-order chi connectivity index (χ0) is 14.3. The summed E-state index contributed by atoms with van der Waals surface area (Å²) in [5, 5.41) is 19.3. The minimum absolute atomic E-state index is 0.0650. The van der Waals surface area contributed by atoms with E-state index in [9.17, 15) is 19.8 Å². The molecule has 1 saturated carbocycles. The zero-order valence-electron chi connectivity index (χ0n) is 11.2. The first kappa shape index (κ1) is 13.2. The predicted octanol–water partition coefficient (Wildman–Crippen LogP) is 2.77. The molecule has 0 aliphatic heterocycles. The predicted molar refractivity (Wildman–Crippen MR) is 72.7 cm³/mol. The van der Waals surface area contributed by atoms with Crippen molar-refractivity contribution in [1.29, 1.82) is 0 Å². The molecule has 106 valence electrons. The highest BCUT2D eigenvalue weighted by Gasteiger charge is 2.54. The van der Waals surface area contributed by atoms with Crippen molar-refractivity contribution in [3.63, 3.8) is 0 Å². The van der Waals surface area contributed by atoms with E-state index >= 15 is 0 Å². The van der Waals surface area contributed by atoms with Gasteiger partial charge in [0, 0.05) is 0 Å². The Morgan fingerprint density at radius 2 is 1.90 bits per heavy atom. The highest BCUT2D eigenvalue weighted by atomic mass is 16.4. The minimum Gasteiger partial charge on any atom is -0.481 e. The van der Waals surface area contributed by atoms with E-state index in [0.29, 0.717) is 18.4 Å². The van der Waals surface area contributed by atoms with Gasteiger partial charge in [0.05, 0.1) is 11.3 Å². The summed E-state index contributed by atoms with van der Waals surface area (Å²) in [6.45, 7) is 0. The van der Waals surface area contributed by atoms with Crippen LogP contribution in [-0.2, 0) is 15.0 Å². The Morgan fingerprint density at radius 1 is 1.15 bits per heavy atom. The van der Waals surface area contributed by atoms with E-state index in [4.69, 9.17) is 0 Å². The number of hydrogen-bond acceptors (Lipinski definition) is 2. The van der Waals surface area contributed by atoms with Gasteiger partial charge < -0.3 is 10.2 Å². The number of aliphatic carboxylic acids is 2. The van der Waals surface area contributed by atoms with Crippen LogP contribution in [0.1, 0.15) is 49.1 Å². The van der Waals surface area contributed by atoms with Crippen LogP contribution in [0.5, 0.6) is 0 Å². The van der Waals surface area contributed by atoms with Gasteiger partial charge in [-0.1, -0.05) is 37.1 Å². The molecule has 4 nitrogen and oxygen atoms in total. The second kappa shape index (κ2) is 4.62. The van der Waals surface area contributed by atoms with Crippen LogP contribution in [0.2, 0.25) is 0 Å². The monoisotopic (exact) mass is 274 g/mol. The van der Waals surface area contributed by atoms with Crippen molar-refractivity contribution < 1.29 is 19.8 Å². The molecule has 1 aromatic rings. The first-order valence-electron chi connectivity index (χ1n) is 7.13. The van der Waals surface area contributed by atoms with Crippen molar-refractivity contribution in [2.45, 2.75) is 43.4 Å². The van der Waals surface area contributed by atoms with Gasteiger partial charge in [0.1, 0.15) is 0 Å². The molecule has 2 N–H and O–H groups in total. The van der Waals surface area contributed by atoms with E-state index in [1.807, 2.05) is 12.1 Å². The molecular formula is C16H18O4. The van der Waals surface area contributed by atoms with Crippen LogP contribution < -0.4 is 0 Å². The maximum atomic E-state index is 12.0. The molecule has 0 amide bonds. The molecule has 0 unspecified atom stereocenters. The fourth-order valence-corrected chi connectivity index (χ4v) is 4.17. The van der Waals surface area contributed by atoms with Gasteiger partial charge in [0.25, 0.3) is 0 Å². The Balaban J connectivity index is 2.21. The lowest BCUT2D eigenvalue weighted by Gasteiger charge is -2.47. The van der Waals surface area contributed by atoms with Crippen LogP contribution in [0.25, 0.3) is 0 Å². The van der Waals surface area contributed by atoms with E-state index in [1.165, 1.54) is 0 Å². The topological polar surface area (TPSA) is 74.6 Å². The van der Waals surface area contributed by atoms with Crippen LogP contribution in [0.4, 0.5) is 0 Å². The number of carboxylic acid groups (broad SMARTS) is 2. The summed E-state index contributed by atoms with van der Waals surface area (Å²) in [5.74, 6) is -2.27. The number of carboxylic acids is 2. The van der Waals surface area contributed by atoms with Crippen molar-refractivity contribution in [1.82, 2.24) is 0 Å². The van der Waals surface area contributed by atoms with E-state index < -0.39 is 23.3 Å². The summed E-state index contributed by atoms with van der Waals surface area (Å²) in [6.07, 6.45) is 3.77. The Morgan fingerprint density at radius 3 is 2.60 bits per heavy atom. The maximum absolute atomic E-state index is 12.0. The maximum Gasteiger partial charge on any atom is 0.314 e. The fourth-order valence-electron chi connectivity index (χ4n) is 4.17. The Bertz CT molecular complexity index is 565. The molecule has 3 rings (SSSR count). The summed E-state index contributed by atoms with van der Waals surface area (Å²) < 4.78 is 0. The summed E-state index contributed by atoms with van der Waals surface area (Å²) >= 11 is 0. The number of hydrogen-bond donors (Lipinski definition) is 2. The molecule has 0 spiro atoms. The van der Waals surface area contributed by atoms with Crippen molar-refractivity contribution >= 4 is 11.9 Å². The molecule has 2 aliphatic rings. The quantitative estimate of drug-likeness (QED) is 0.869. The van der Waals surface area contributed by atoms with Crippen molar-refractivity contribution in [3.8, 4) is 0 Å². The van der Waals surface area contributed by atoms with E-state index in [2.05, 4.69) is 0 Å². The second-order valence-electron chi connectivity index (χ2n) is 5.93. The van der Waals surface area contributed by atoms with Crippen molar-refractivity contribution in [2.75, 3.05) is 0 Å². The minimum atomic E-state index is -0.874. The van der Waals surface area contributed by atoms with Crippen LogP contribution >= 0.6 is 0 Å². The highest BCUT2D eigenvalue weighted by molar-refractivity contribution is 5.86. The lowest BCUT2D eigenvalue weighted by molar-refractivity contribution is -0.151. The van der Waals surface area contributed by atoms with Crippen LogP contribution in [0.15, 0.2) is 24.3 Å². The number of fused-ring (bicyclic) bond motifs is 3. The smallest absolute Gasteiger partial charge is 0.314 e. The largest absolute Gasteiger partial charge is 0.481 e. The normalized spacial score (nSPS) is 32.0.